The topological polar surface area (TPSA) is 61.6 Å². The predicted molar refractivity (Wildman–Crippen MR) is 111 cm³/mol. The highest BCUT2D eigenvalue weighted by Crippen LogP contribution is 2.17. The summed E-state index contributed by atoms with van der Waals surface area (Å²) in [5.41, 5.74) is 0. The van der Waals surface area contributed by atoms with E-state index in [1.54, 1.807) is 12.7 Å². The van der Waals surface area contributed by atoms with Crippen LogP contribution in [0.2, 0.25) is 0 Å². The van der Waals surface area contributed by atoms with E-state index >= 15 is 0 Å². The first-order valence-electron chi connectivity index (χ1n) is 9.11. The van der Waals surface area contributed by atoms with Gasteiger partial charge in [0.05, 0.1) is 0 Å². The number of halogens is 1. The molecule has 0 bridgehead atoms. The Morgan fingerprint density at radius 1 is 1.20 bits per heavy atom. The molecule has 1 unspecified atom stereocenters. The Balaban J connectivity index is 0.00000225. The third-order valence-corrected chi connectivity index (χ3v) is 4.71. The van der Waals surface area contributed by atoms with Gasteiger partial charge >= 0.3 is 0 Å². The van der Waals surface area contributed by atoms with Crippen LogP contribution in [-0.2, 0) is 6.54 Å². The number of nitrogens with zero attached hydrogens (tertiary/aromatic N) is 6. The molecule has 1 saturated heterocycles. The lowest BCUT2D eigenvalue weighted by Crippen LogP contribution is -2.42. The van der Waals surface area contributed by atoms with E-state index in [1.165, 1.54) is 6.42 Å². The number of aromatic nitrogens is 3. The maximum atomic E-state index is 4.83. The molecule has 3 rings (SSSR count). The second kappa shape index (κ2) is 10.7. The van der Waals surface area contributed by atoms with Gasteiger partial charge in [0, 0.05) is 51.9 Å². The molecule has 0 radical (unpaired) electrons. The summed E-state index contributed by atoms with van der Waals surface area (Å²) in [4.78, 5) is 9.81. The first-order chi connectivity index (χ1) is 11.9. The third-order valence-electron chi connectivity index (χ3n) is 4.71. The van der Waals surface area contributed by atoms with Crippen LogP contribution in [0.3, 0.4) is 0 Å². The van der Waals surface area contributed by atoms with E-state index in [9.17, 15) is 0 Å². The molecule has 8 heteroatoms. The van der Waals surface area contributed by atoms with Gasteiger partial charge in [-0.25, -0.2) is 0 Å². The molecule has 7 nitrogen and oxygen atoms in total. The SMILES string of the molecule is CCNC(=NCCCCn1cnnc1)N1CCC(N2CC=CC2)C1.I. The van der Waals surface area contributed by atoms with Crippen LogP contribution in [-0.4, -0.2) is 75.8 Å². The van der Waals surface area contributed by atoms with Gasteiger partial charge < -0.3 is 14.8 Å². The fraction of sp³-hybridized carbons (Fsp3) is 0.706. The summed E-state index contributed by atoms with van der Waals surface area (Å²) in [5.74, 6) is 1.08. The summed E-state index contributed by atoms with van der Waals surface area (Å²) in [7, 11) is 0. The van der Waals surface area contributed by atoms with Crippen molar-refractivity contribution in [2.75, 3.05) is 39.3 Å². The minimum absolute atomic E-state index is 0. The molecule has 2 aliphatic heterocycles. The molecule has 1 aromatic rings. The fourth-order valence-electron chi connectivity index (χ4n) is 3.38. The second-order valence-corrected chi connectivity index (χ2v) is 6.46. The summed E-state index contributed by atoms with van der Waals surface area (Å²) in [5, 5.41) is 11.1. The Bertz CT molecular complexity index is 535. The van der Waals surface area contributed by atoms with E-state index in [4.69, 9.17) is 4.99 Å². The standard InChI is InChI=1S/C17H29N7.HI/c1-2-18-17(19-8-3-4-9-22-14-20-21-15-22)24-12-7-16(13-24)23-10-5-6-11-23;/h5-6,14-16H,2-4,7-13H2,1H3,(H,18,19);1H. The minimum Gasteiger partial charge on any atom is -0.357 e. The van der Waals surface area contributed by atoms with Gasteiger partial charge in [-0.3, -0.25) is 9.89 Å². The van der Waals surface area contributed by atoms with Crippen LogP contribution < -0.4 is 5.32 Å². The highest BCUT2D eigenvalue weighted by molar-refractivity contribution is 14.0. The van der Waals surface area contributed by atoms with Crippen molar-refractivity contribution in [2.45, 2.75) is 38.8 Å². The lowest BCUT2D eigenvalue weighted by molar-refractivity contribution is 0.259. The highest BCUT2D eigenvalue weighted by Gasteiger charge is 2.29. The first kappa shape index (κ1) is 20.2. The van der Waals surface area contributed by atoms with Crippen molar-refractivity contribution in [2.24, 2.45) is 4.99 Å². The number of rotatable bonds is 7. The molecule has 0 spiro atoms. The van der Waals surface area contributed by atoms with E-state index < -0.39 is 0 Å². The zero-order valence-electron chi connectivity index (χ0n) is 15.0. The number of aliphatic imine (C=N–C) groups is 1. The minimum atomic E-state index is 0. The molecular weight excluding hydrogens is 429 g/mol. The van der Waals surface area contributed by atoms with Gasteiger partial charge in [0.15, 0.2) is 5.96 Å². The number of unbranched alkanes of at least 4 members (excludes halogenated alkanes) is 1. The zero-order valence-corrected chi connectivity index (χ0v) is 17.4. The molecule has 1 N–H and O–H groups in total. The summed E-state index contributed by atoms with van der Waals surface area (Å²) in [6.07, 6.45) is 11.5. The van der Waals surface area contributed by atoms with Crippen LogP contribution >= 0.6 is 24.0 Å². The summed E-state index contributed by atoms with van der Waals surface area (Å²) >= 11 is 0. The number of nitrogens with one attached hydrogen (secondary N) is 1. The van der Waals surface area contributed by atoms with Crippen molar-refractivity contribution in [1.29, 1.82) is 0 Å². The first-order valence-corrected chi connectivity index (χ1v) is 9.11. The Hall–Kier alpha value is -1.16. The molecule has 0 aliphatic carbocycles. The maximum absolute atomic E-state index is 4.83. The Morgan fingerprint density at radius 3 is 2.68 bits per heavy atom. The second-order valence-electron chi connectivity index (χ2n) is 6.46. The van der Waals surface area contributed by atoms with E-state index in [0.717, 1.165) is 64.6 Å². The molecule has 140 valence electrons. The van der Waals surface area contributed by atoms with Crippen LogP contribution in [0.25, 0.3) is 0 Å². The summed E-state index contributed by atoms with van der Waals surface area (Å²) < 4.78 is 2.02. The molecule has 0 amide bonds. The van der Waals surface area contributed by atoms with Crippen molar-refractivity contribution in [3.63, 3.8) is 0 Å². The Labute approximate surface area is 167 Å². The molecule has 1 aromatic heterocycles. The molecule has 25 heavy (non-hydrogen) atoms. The summed E-state index contributed by atoms with van der Waals surface area (Å²) in [6.45, 7) is 9.31. The molecule has 0 saturated carbocycles. The fourth-order valence-corrected chi connectivity index (χ4v) is 3.38. The van der Waals surface area contributed by atoms with Crippen LogP contribution in [0.1, 0.15) is 26.2 Å². The van der Waals surface area contributed by atoms with Gasteiger partial charge in [-0.15, -0.1) is 34.2 Å². The lowest BCUT2D eigenvalue weighted by Gasteiger charge is -2.25. The average Bonchev–Trinajstić information content (AvgIpc) is 3.34. The van der Waals surface area contributed by atoms with Gasteiger partial charge in [-0.1, -0.05) is 12.2 Å². The molecule has 2 aliphatic rings. The number of hydrogen-bond acceptors (Lipinski definition) is 4. The maximum Gasteiger partial charge on any atom is 0.193 e. The largest absolute Gasteiger partial charge is 0.357 e. The predicted octanol–water partition coefficient (Wildman–Crippen LogP) is 1.59. The highest BCUT2D eigenvalue weighted by atomic mass is 127. The smallest absolute Gasteiger partial charge is 0.193 e. The zero-order chi connectivity index (χ0) is 16.6. The Kier molecular flexibility index (Phi) is 8.66. The van der Waals surface area contributed by atoms with Crippen molar-refractivity contribution >= 4 is 29.9 Å². The molecular formula is C17H30IN7. The van der Waals surface area contributed by atoms with Crippen LogP contribution in [0.5, 0.6) is 0 Å². The van der Waals surface area contributed by atoms with Crippen LogP contribution in [0.15, 0.2) is 29.8 Å². The monoisotopic (exact) mass is 459 g/mol. The third kappa shape index (κ3) is 5.95. The summed E-state index contributed by atoms with van der Waals surface area (Å²) in [6, 6.07) is 0.664. The average molecular weight is 459 g/mol. The molecule has 3 heterocycles. The van der Waals surface area contributed by atoms with Gasteiger partial charge in [-0.05, 0) is 26.2 Å². The van der Waals surface area contributed by atoms with Crippen LogP contribution in [0, 0.1) is 0 Å². The van der Waals surface area contributed by atoms with Gasteiger partial charge in [-0.2, -0.15) is 0 Å². The number of aryl methyl sites for hydroxylation is 1. The quantitative estimate of drug-likeness (QED) is 0.221. The van der Waals surface area contributed by atoms with E-state index in [0.29, 0.717) is 6.04 Å². The Morgan fingerprint density at radius 2 is 1.96 bits per heavy atom. The van der Waals surface area contributed by atoms with Gasteiger partial charge in [0.25, 0.3) is 0 Å². The van der Waals surface area contributed by atoms with Crippen LogP contribution in [0.4, 0.5) is 0 Å². The lowest BCUT2D eigenvalue weighted by atomic mass is 10.2. The number of guanidine groups is 1. The van der Waals surface area contributed by atoms with Gasteiger partial charge in [0.1, 0.15) is 12.7 Å². The van der Waals surface area contributed by atoms with Crippen molar-refractivity contribution in [1.82, 2.24) is 29.9 Å². The normalized spacial score (nSPS) is 20.9. The van der Waals surface area contributed by atoms with E-state index in [-0.39, 0.29) is 24.0 Å². The van der Waals surface area contributed by atoms with Crippen molar-refractivity contribution in [3.05, 3.63) is 24.8 Å². The molecule has 0 aromatic carbocycles. The number of likely N-dealkylation sites (tertiary alicyclic amines) is 1. The molecule has 1 fully saturated rings. The van der Waals surface area contributed by atoms with Crippen molar-refractivity contribution in [3.8, 4) is 0 Å². The van der Waals surface area contributed by atoms with Crippen molar-refractivity contribution < 1.29 is 0 Å². The van der Waals surface area contributed by atoms with Gasteiger partial charge in [0.2, 0.25) is 0 Å². The van der Waals surface area contributed by atoms with E-state index in [1.807, 2.05) is 4.57 Å². The number of hydrogen-bond donors (Lipinski definition) is 1. The van der Waals surface area contributed by atoms with E-state index in [2.05, 4.69) is 44.4 Å². The molecule has 1 atom stereocenters.